The highest BCUT2D eigenvalue weighted by molar-refractivity contribution is 5.95. The molecule has 0 atom stereocenters. The summed E-state index contributed by atoms with van der Waals surface area (Å²) in [7, 11) is 1.39. The highest BCUT2D eigenvalue weighted by Gasteiger charge is 2.16. The molecule has 0 radical (unpaired) electrons. The predicted octanol–water partition coefficient (Wildman–Crippen LogP) is 3.20. The van der Waals surface area contributed by atoms with Crippen LogP contribution in [-0.2, 0) is 17.7 Å². The Morgan fingerprint density at radius 1 is 1.08 bits per heavy atom. The van der Waals surface area contributed by atoms with Crippen LogP contribution in [-0.4, -0.2) is 23.5 Å². The van der Waals surface area contributed by atoms with E-state index in [-0.39, 0.29) is 11.8 Å². The largest absolute Gasteiger partial charge is 0.465 e. The molecule has 0 aliphatic rings. The summed E-state index contributed by atoms with van der Waals surface area (Å²) in [6, 6.07) is 17.6. The Morgan fingerprint density at radius 2 is 1.81 bits per heavy atom. The van der Waals surface area contributed by atoms with E-state index in [1.807, 2.05) is 65.5 Å². The molecule has 1 heterocycles. The number of nitrogens with two attached hydrogens (primary N) is 1. The molecule has 0 aliphatic carbocycles. The zero-order valence-electron chi connectivity index (χ0n) is 14.6. The minimum Gasteiger partial charge on any atom is -0.465 e. The zero-order chi connectivity index (χ0) is 18.5. The fourth-order valence-corrected chi connectivity index (χ4v) is 2.94. The fourth-order valence-electron chi connectivity index (χ4n) is 2.94. The van der Waals surface area contributed by atoms with Crippen molar-refractivity contribution in [3.05, 3.63) is 94.8 Å². The van der Waals surface area contributed by atoms with Crippen molar-refractivity contribution in [2.24, 2.45) is 5.73 Å². The number of carbonyl (C=O) groups is 1. The van der Waals surface area contributed by atoms with E-state index in [0.717, 1.165) is 16.7 Å². The van der Waals surface area contributed by atoms with Gasteiger partial charge in [0.05, 0.1) is 12.7 Å². The second kappa shape index (κ2) is 7.70. The number of carbonyl (C=O) groups excluding carboxylic acids is 1. The predicted molar refractivity (Wildman–Crippen MR) is 102 cm³/mol. The molecule has 3 aromatic rings. The molecule has 5 nitrogen and oxygen atoms in total. The van der Waals surface area contributed by atoms with Crippen molar-refractivity contribution >= 4 is 11.8 Å². The highest BCUT2D eigenvalue weighted by atomic mass is 16.5. The fraction of sp³-hybridized carbons (Fsp3) is 0.143. The second-order valence-electron chi connectivity index (χ2n) is 6.14. The number of hydrogen-bond donors (Lipinski definition) is 2. The van der Waals surface area contributed by atoms with E-state index in [1.165, 1.54) is 7.11 Å². The summed E-state index contributed by atoms with van der Waals surface area (Å²) in [6.45, 7) is 0.679. The molecule has 5 heteroatoms. The van der Waals surface area contributed by atoms with Gasteiger partial charge in [-0.15, -0.1) is 0 Å². The van der Waals surface area contributed by atoms with Crippen molar-refractivity contribution in [1.29, 1.82) is 5.41 Å². The Bertz CT molecular complexity index is 929. The first-order valence-electron chi connectivity index (χ1n) is 8.31. The average molecular weight is 347 g/mol. The first-order chi connectivity index (χ1) is 12.6. The monoisotopic (exact) mass is 347 g/mol. The van der Waals surface area contributed by atoms with Crippen molar-refractivity contribution in [1.82, 2.24) is 4.57 Å². The second-order valence-corrected chi connectivity index (χ2v) is 6.14. The van der Waals surface area contributed by atoms with Crippen LogP contribution >= 0.6 is 0 Å². The molecule has 0 saturated carbocycles. The SMILES string of the molecule is COC(=O)c1cn(Cc2ccccc2)cc1Cc1cccc(C(=N)N)c1. The molecule has 0 unspecified atom stereocenters. The van der Waals surface area contributed by atoms with Crippen molar-refractivity contribution in [3.63, 3.8) is 0 Å². The van der Waals surface area contributed by atoms with Gasteiger partial charge in [0.2, 0.25) is 0 Å². The van der Waals surface area contributed by atoms with Crippen molar-refractivity contribution in [3.8, 4) is 0 Å². The minimum absolute atomic E-state index is 0.0293. The van der Waals surface area contributed by atoms with Gasteiger partial charge in [0.25, 0.3) is 0 Å². The quantitative estimate of drug-likeness (QED) is 0.408. The van der Waals surface area contributed by atoms with Gasteiger partial charge in [0.15, 0.2) is 0 Å². The Kier molecular flexibility index (Phi) is 5.17. The molecular weight excluding hydrogens is 326 g/mol. The maximum absolute atomic E-state index is 12.2. The summed E-state index contributed by atoms with van der Waals surface area (Å²) >= 11 is 0. The molecule has 132 valence electrons. The standard InChI is InChI=1S/C21H21N3O2/c1-26-21(25)19-14-24(12-15-6-3-2-4-7-15)13-18(19)11-16-8-5-9-17(10-16)20(22)23/h2-10,13-14H,11-12H2,1H3,(H3,22,23). The van der Waals surface area contributed by atoms with Crippen LogP contribution in [0.5, 0.6) is 0 Å². The number of methoxy groups -OCH3 is 1. The maximum atomic E-state index is 12.2. The van der Waals surface area contributed by atoms with Gasteiger partial charge in [-0.3, -0.25) is 5.41 Å². The minimum atomic E-state index is -0.352. The summed E-state index contributed by atoms with van der Waals surface area (Å²) < 4.78 is 6.93. The van der Waals surface area contributed by atoms with Gasteiger partial charge in [-0.05, 0) is 29.2 Å². The molecule has 3 rings (SSSR count). The lowest BCUT2D eigenvalue weighted by Gasteiger charge is -2.05. The summed E-state index contributed by atoms with van der Waals surface area (Å²) in [5, 5.41) is 7.58. The Morgan fingerprint density at radius 3 is 2.50 bits per heavy atom. The smallest absolute Gasteiger partial charge is 0.339 e. The molecular formula is C21H21N3O2. The van der Waals surface area contributed by atoms with Crippen LogP contribution in [0.1, 0.15) is 32.6 Å². The number of amidine groups is 1. The van der Waals surface area contributed by atoms with E-state index in [1.54, 1.807) is 6.07 Å². The van der Waals surface area contributed by atoms with Gasteiger partial charge in [-0.1, -0.05) is 48.5 Å². The number of rotatable bonds is 6. The van der Waals surface area contributed by atoms with Crippen LogP contribution in [0.25, 0.3) is 0 Å². The van der Waals surface area contributed by atoms with E-state index in [4.69, 9.17) is 15.9 Å². The summed E-state index contributed by atoms with van der Waals surface area (Å²) in [5.74, 6) is -0.323. The summed E-state index contributed by atoms with van der Waals surface area (Å²) in [4.78, 5) is 12.2. The third-order valence-corrected chi connectivity index (χ3v) is 4.21. The Hall–Kier alpha value is -3.34. The van der Waals surface area contributed by atoms with Gasteiger partial charge in [-0.25, -0.2) is 4.79 Å². The number of aromatic nitrogens is 1. The van der Waals surface area contributed by atoms with Crippen LogP contribution < -0.4 is 5.73 Å². The molecule has 26 heavy (non-hydrogen) atoms. The van der Waals surface area contributed by atoms with E-state index < -0.39 is 0 Å². The van der Waals surface area contributed by atoms with Crippen LogP contribution in [0.2, 0.25) is 0 Å². The molecule has 0 aliphatic heterocycles. The zero-order valence-corrected chi connectivity index (χ0v) is 14.6. The molecule has 0 fully saturated rings. The van der Waals surface area contributed by atoms with Gasteiger partial charge in [-0.2, -0.15) is 0 Å². The van der Waals surface area contributed by atoms with Crippen LogP contribution in [0.15, 0.2) is 67.0 Å². The Balaban J connectivity index is 1.91. The van der Waals surface area contributed by atoms with Crippen LogP contribution in [0.3, 0.4) is 0 Å². The number of hydrogen-bond acceptors (Lipinski definition) is 3. The highest BCUT2D eigenvalue weighted by Crippen LogP contribution is 2.19. The number of nitrogen functional groups attached to an aromatic ring is 1. The van der Waals surface area contributed by atoms with Crippen LogP contribution in [0.4, 0.5) is 0 Å². The normalized spacial score (nSPS) is 10.5. The topological polar surface area (TPSA) is 81.1 Å². The van der Waals surface area contributed by atoms with Gasteiger partial charge < -0.3 is 15.0 Å². The first kappa shape index (κ1) is 17.5. The number of benzene rings is 2. The summed E-state index contributed by atoms with van der Waals surface area (Å²) in [6.07, 6.45) is 4.36. The molecule has 3 N–H and O–H groups in total. The van der Waals surface area contributed by atoms with E-state index >= 15 is 0 Å². The van der Waals surface area contributed by atoms with Gasteiger partial charge >= 0.3 is 5.97 Å². The van der Waals surface area contributed by atoms with Crippen molar-refractivity contribution < 1.29 is 9.53 Å². The van der Waals surface area contributed by atoms with Crippen LogP contribution in [0, 0.1) is 5.41 Å². The Labute approximate surface area is 152 Å². The molecule has 0 amide bonds. The summed E-state index contributed by atoms with van der Waals surface area (Å²) in [5.41, 5.74) is 9.82. The maximum Gasteiger partial charge on any atom is 0.339 e. The van der Waals surface area contributed by atoms with E-state index in [0.29, 0.717) is 24.1 Å². The lowest BCUT2D eigenvalue weighted by molar-refractivity contribution is 0.0599. The number of nitrogens with zero attached hydrogens (tertiary/aromatic N) is 1. The van der Waals surface area contributed by atoms with Gasteiger partial charge in [0.1, 0.15) is 5.84 Å². The number of ether oxygens (including phenoxy) is 1. The third kappa shape index (κ3) is 4.00. The first-order valence-corrected chi connectivity index (χ1v) is 8.31. The van der Waals surface area contributed by atoms with Crippen molar-refractivity contribution in [2.45, 2.75) is 13.0 Å². The van der Waals surface area contributed by atoms with E-state index in [9.17, 15) is 4.79 Å². The molecule has 0 bridgehead atoms. The third-order valence-electron chi connectivity index (χ3n) is 4.21. The van der Waals surface area contributed by atoms with E-state index in [2.05, 4.69) is 0 Å². The lowest BCUT2D eigenvalue weighted by atomic mass is 10.0. The molecule has 0 spiro atoms. The molecule has 1 aromatic heterocycles. The average Bonchev–Trinajstić information content (AvgIpc) is 3.04. The van der Waals surface area contributed by atoms with Crippen molar-refractivity contribution in [2.75, 3.05) is 7.11 Å². The van der Waals surface area contributed by atoms with Gasteiger partial charge in [0, 0.05) is 24.5 Å². The molecule has 2 aromatic carbocycles. The lowest BCUT2D eigenvalue weighted by Crippen LogP contribution is -2.11. The molecule has 0 saturated heterocycles. The number of nitrogens with one attached hydrogen (secondary N) is 1. The number of esters is 1.